The molecular weight excluding hydrogens is 354 g/mol. The molecule has 0 unspecified atom stereocenters. The fourth-order valence-corrected chi connectivity index (χ4v) is 3.36. The summed E-state index contributed by atoms with van der Waals surface area (Å²) in [6, 6.07) is 13.7. The van der Waals surface area contributed by atoms with E-state index < -0.39 is 5.91 Å². The number of carbonyl (C=O) groups excluding carboxylic acids is 2. The summed E-state index contributed by atoms with van der Waals surface area (Å²) in [5.74, 6) is -0.427. The summed E-state index contributed by atoms with van der Waals surface area (Å²) in [6.07, 6.45) is 5.33. The van der Waals surface area contributed by atoms with Crippen molar-refractivity contribution in [2.45, 2.75) is 39.0 Å². The minimum atomic E-state index is -0.487. The quantitative estimate of drug-likeness (QED) is 0.540. The number of anilines is 1. The summed E-state index contributed by atoms with van der Waals surface area (Å²) in [7, 11) is 0. The van der Waals surface area contributed by atoms with Gasteiger partial charge in [-0.05, 0) is 49.6 Å². The lowest BCUT2D eigenvalue weighted by Gasteiger charge is -2.20. The van der Waals surface area contributed by atoms with Gasteiger partial charge in [-0.15, -0.1) is 0 Å². The lowest BCUT2D eigenvalue weighted by atomic mass is 9.88. The number of aromatic hydroxyl groups is 1. The fourth-order valence-electron chi connectivity index (χ4n) is 3.36. The van der Waals surface area contributed by atoms with Crippen LogP contribution in [0.1, 0.15) is 54.9 Å². The van der Waals surface area contributed by atoms with Gasteiger partial charge in [-0.25, -0.2) is 5.43 Å². The van der Waals surface area contributed by atoms with Crippen molar-refractivity contribution in [3.05, 3.63) is 59.7 Å². The molecule has 0 bridgehead atoms. The Morgan fingerprint density at radius 1 is 1.04 bits per heavy atom. The van der Waals surface area contributed by atoms with Crippen LogP contribution in [0.2, 0.25) is 0 Å². The maximum absolute atomic E-state index is 12.4. The van der Waals surface area contributed by atoms with Crippen LogP contribution in [-0.2, 0) is 4.79 Å². The monoisotopic (exact) mass is 379 g/mol. The van der Waals surface area contributed by atoms with Crippen LogP contribution >= 0.6 is 0 Å². The van der Waals surface area contributed by atoms with E-state index in [1.807, 2.05) is 24.3 Å². The molecule has 6 nitrogen and oxygen atoms in total. The van der Waals surface area contributed by atoms with Crippen molar-refractivity contribution in [3.8, 4) is 5.75 Å². The van der Waals surface area contributed by atoms with Crippen molar-refractivity contribution in [3.63, 3.8) is 0 Å². The third-order valence-electron chi connectivity index (χ3n) is 5.00. The summed E-state index contributed by atoms with van der Waals surface area (Å²) >= 11 is 0. The molecule has 2 amide bonds. The number of benzene rings is 2. The zero-order valence-corrected chi connectivity index (χ0v) is 15.9. The van der Waals surface area contributed by atoms with Crippen LogP contribution in [0.5, 0.6) is 5.75 Å². The maximum Gasteiger partial charge on any atom is 0.275 e. The Morgan fingerprint density at radius 3 is 2.54 bits per heavy atom. The van der Waals surface area contributed by atoms with E-state index in [4.69, 9.17) is 0 Å². The molecule has 1 aliphatic rings. The van der Waals surface area contributed by atoms with E-state index in [2.05, 4.69) is 15.8 Å². The number of phenols is 1. The summed E-state index contributed by atoms with van der Waals surface area (Å²) < 4.78 is 0. The van der Waals surface area contributed by atoms with Crippen molar-refractivity contribution in [2.24, 2.45) is 11.0 Å². The van der Waals surface area contributed by atoms with Gasteiger partial charge in [0.2, 0.25) is 5.91 Å². The minimum absolute atomic E-state index is 0.0688. The van der Waals surface area contributed by atoms with Gasteiger partial charge in [-0.3, -0.25) is 9.59 Å². The highest BCUT2D eigenvalue weighted by Crippen LogP contribution is 2.25. The topological polar surface area (TPSA) is 90.8 Å². The minimum Gasteiger partial charge on any atom is -0.507 e. The first-order valence-electron chi connectivity index (χ1n) is 9.58. The van der Waals surface area contributed by atoms with E-state index in [1.165, 1.54) is 18.6 Å². The molecule has 3 rings (SSSR count). The van der Waals surface area contributed by atoms with E-state index in [1.54, 1.807) is 19.1 Å². The van der Waals surface area contributed by atoms with Gasteiger partial charge in [0, 0.05) is 11.6 Å². The number of hydrazone groups is 1. The Hall–Kier alpha value is -3.15. The number of hydrogen-bond acceptors (Lipinski definition) is 4. The van der Waals surface area contributed by atoms with Gasteiger partial charge < -0.3 is 10.4 Å². The summed E-state index contributed by atoms with van der Waals surface area (Å²) in [4.78, 5) is 24.6. The largest absolute Gasteiger partial charge is 0.507 e. The van der Waals surface area contributed by atoms with Crippen molar-refractivity contribution >= 4 is 23.2 Å². The zero-order chi connectivity index (χ0) is 19.9. The Bertz CT molecular complexity index is 886. The highest BCUT2D eigenvalue weighted by Gasteiger charge is 2.21. The summed E-state index contributed by atoms with van der Waals surface area (Å²) in [5, 5.41) is 16.8. The molecule has 1 aliphatic carbocycles. The molecule has 0 spiro atoms. The molecule has 0 aromatic heterocycles. The highest BCUT2D eigenvalue weighted by atomic mass is 16.3. The highest BCUT2D eigenvalue weighted by molar-refractivity contribution is 6.02. The van der Waals surface area contributed by atoms with Crippen molar-refractivity contribution in [1.82, 2.24) is 5.43 Å². The Kier molecular flexibility index (Phi) is 6.42. The molecule has 0 saturated heterocycles. The van der Waals surface area contributed by atoms with Crippen LogP contribution in [0, 0.1) is 5.92 Å². The SMILES string of the molecule is C/C(=N\NC(=O)c1ccccc1O)c1cccc(NC(=O)C2CCCCC2)c1. The van der Waals surface area contributed by atoms with Crippen LogP contribution in [-0.4, -0.2) is 22.6 Å². The van der Waals surface area contributed by atoms with E-state index in [9.17, 15) is 14.7 Å². The molecule has 0 aliphatic heterocycles. The summed E-state index contributed by atoms with van der Waals surface area (Å²) in [5.41, 5.74) is 4.71. The first-order chi connectivity index (χ1) is 13.5. The van der Waals surface area contributed by atoms with Crippen LogP contribution < -0.4 is 10.7 Å². The predicted octanol–water partition coefficient (Wildman–Crippen LogP) is 4.07. The van der Waals surface area contributed by atoms with E-state index in [-0.39, 0.29) is 23.1 Å². The second-order valence-electron chi connectivity index (χ2n) is 7.06. The molecule has 0 heterocycles. The van der Waals surface area contributed by atoms with Crippen LogP contribution in [0.3, 0.4) is 0 Å². The van der Waals surface area contributed by atoms with Gasteiger partial charge in [0.1, 0.15) is 5.75 Å². The number of nitrogens with one attached hydrogen (secondary N) is 2. The molecule has 3 N–H and O–H groups in total. The van der Waals surface area contributed by atoms with Gasteiger partial charge in [0.25, 0.3) is 5.91 Å². The number of carbonyl (C=O) groups is 2. The molecule has 6 heteroatoms. The molecule has 0 atom stereocenters. The van der Waals surface area contributed by atoms with Gasteiger partial charge in [0.05, 0.1) is 11.3 Å². The molecule has 2 aromatic rings. The van der Waals surface area contributed by atoms with Crippen LogP contribution in [0.15, 0.2) is 53.6 Å². The molecule has 0 radical (unpaired) electrons. The average molecular weight is 379 g/mol. The van der Waals surface area contributed by atoms with Crippen LogP contribution in [0.4, 0.5) is 5.69 Å². The standard InChI is InChI=1S/C22H25N3O3/c1-15(24-25-22(28)19-12-5-6-13-20(19)26)17-10-7-11-18(14-17)23-21(27)16-8-3-2-4-9-16/h5-7,10-14,16,26H,2-4,8-9H2,1H3,(H,23,27)(H,25,28)/b24-15+. The van der Waals surface area contributed by atoms with Gasteiger partial charge in [-0.1, -0.05) is 43.5 Å². The fraction of sp³-hybridized carbons (Fsp3) is 0.318. The maximum atomic E-state index is 12.4. The number of nitrogens with zero attached hydrogens (tertiary/aromatic N) is 1. The molecule has 146 valence electrons. The predicted molar refractivity (Wildman–Crippen MR) is 109 cm³/mol. The van der Waals surface area contributed by atoms with Crippen molar-refractivity contribution in [1.29, 1.82) is 0 Å². The van der Waals surface area contributed by atoms with Gasteiger partial charge >= 0.3 is 0 Å². The smallest absolute Gasteiger partial charge is 0.275 e. The lowest BCUT2D eigenvalue weighted by Crippen LogP contribution is -2.24. The van der Waals surface area contributed by atoms with Crippen LogP contribution in [0.25, 0.3) is 0 Å². The normalized spacial score (nSPS) is 15.1. The molecule has 28 heavy (non-hydrogen) atoms. The number of para-hydroxylation sites is 1. The van der Waals surface area contributed by atoms with E-state index in [0.717, 1.165) is 36.9 Å². The Labute approximate surface area is 164 Å². The van der Waals surface area contributed by atoms with Crippen molar-refractivity contribution < 1.29 is 14.7 Å². The molecular formula is C22H25N3O3. The van der Waals surface area contributed by atoms with Crippen molar-refractivity contribution in [2.75, 3.05) is 5.32 Å². The number of hydrogen-bond donors (Lipinski definition) is 3. The lowest BCUT2D eigenvalue weighted by molar-refractivity contribution is -0.120. The van der Waals surface area contributed by atoms with E-state index >= 15 is 0 Å². The number of amides is 2. The molecule has 1 fully saturated rings. The van der Waals surface area contributed by atoms with Gasteiger partial charge in [-0.2, -0.15) is 5.10 Å². The number of rotatable bonds is 5. The Morgan fingerprint density at radius 2 is 1.79 bits per heavy atom. The Balaban J connectivity index is 1.65. The molecule has 2 aromatic carbocycles. The second-order valence-corrected chi connectivity index (χ2v) is 7.06. The third kappa shape index (κ3) is 4.97. The number of phenolic OH excluding ortho intramolecular Hbond substituents is 1. The van der Waals surface area contributed by atoms with E-state index in [0.29, 0.717) is 5.71 Å². The molecule has 1 saturated carbocycles. The zero-order valence-electron chi connectivity index (χ0n) is 15.9. The third-order valence-corrected chi connectivity index (χ3v) is 5.00. The first kappa shape index (κ1) is 19.6. The summed E-state index contributed by atoms with van der Waals surface area (Å²) in [6.45, 7) is 1.77. The average Bonchev–Trinajstić information content (AvgIpc) is 2.73. The first-order valence-corrected chi connectivity index (χ1v) is 9.58. The second kappa shape index (κ2) is 9.17. The van der Waals surface area contributed by atoms with Gasteiger partial charge in [0.15, 0.2) is 0 Å².